The average Bonchev–Trinajstić information content (AvgIpc) is 2.58. The van der Waals surface area contributed by atoms with Gasteiger partial charge in [0.25, 0.3) is 0 Å². The van der Waals surface area contributed by atoms with Gasteiger partial charge in [0.05, 0.1) is 0 Å². The Kier molecular flexibility index (Phi) is 3.13. The molecular formula is C8H9N2O2S. The molecule has 0 saturated carbocycles. The maximum Gasteiger partial charge on any atom is 0.230 e. The smallest absolute Gasteiger partial charge is 0.230 e. The predicted molar refractivity (Wildman–Crippen MR) is 49.0 cm³/mol. The first-order chi connectivity index (χ1) is 6.16. The van der Waals surface area contributed by atoms with E-state index in [9.17, 15) is 9.59 Å². The number of rotatable bonds is 3. The number of thiazole rings is 1. The number of aromatic nitrogens is 1. The van der Waals surface area contributed by atoms with Crippen LogP contribution in [0, 0.1) is 0 Å². The first-order valence-electron chi connectivity index (χ1n) is 3.67. The van der Waals surface area contributed by atoms with E-state index in [4.69, 9.17) is 0 Å². The Morgan fingerprint density at radius 1 is 1.77 bits per heavy atom. The lowest BCUT2D eigenvalue weighted by Crippen LogP contribution is -2.29. The van der Waals surface area contributed by atoms with Crippen LogP contribution in [0.2, 0.25) is 0 Å². The summed E-state index contributed by atoms with van der Waals surface area (Å²) in [6.07, 6.45) is 3.38. The molecule has 1 unspecified atom stereocenters. The van der Waals surface area contributed by atoms with Crippen molar-refractivity contribution < 1.29 is 9.59 Å². The van der Waals surface area contributed by atoms with Gasteiger partial charge in [-0.15, -0.1) is 11.3 Å². The van der Waals surface area contributed by atoms with Gasteiger partial charge in [-0.25, -0.2) is 4.98 Å². The van der Waals surface area contributed by atoms with Crippen LogP contribution in [0.15, 0.2) is 11.6 Å². The van der Waals surface area contributed by atoms with Gasteiger partial charge in [0.15, 0.2) is 0 Å². The van der Waals surface area contributed by atoms with Crippen molar-refractivity contribution >= 4 is 23.5 Å². The highest BCUT2D eigenvalue weighted by atomic mass is 32.1. The summed E-state index contributed by atoms with van der Waals surface area (Å²) in [5.41, 5.74) is 0. The summed E-state index contributed by atoms with van der Waals surface area (Å²) < 4.78 is 0. The summed E-state index contributed by atoms with van der Waals surface area (Å²) in [4.78, 5) is 26.8. The molecule has 0 N–H and O–H groups in total. The quantitative estimate of drug-likeness (QED) is 0.719. The van der Waals surface area contributed by atoms with Gasteiger partial charge in [-0.2, -0.15) is 0 Å². The average molecular weight is 197 g/mol. The van der Waals surface area contributed by atoms with E-state index in [2.05, 4.69) is 4.98 Å². The van der Waals surface area contributed by atoms with Crippen LogP contribution in [0.5, 0.6) is 0 Å². The molecule has 0 aliphatic heterocycles. The number of hydrogen-bond donors (Lipinski definition) is 0. The molecule has 0 fully saturated rings. The monoisotopic (exact) mass is 197 g/mol. The maximum absolute atomic E-state index is 11.0. The van der Waals surface area contributed by atoms with Gasteiger partial charge >= 0.3 is 0 Å². The number of amides is 1. The second-order valence-corrected chi connectivity index (χ2v) is 3.45. The summed E-state index contributed by atoms with van der Waals surface area (Å²) in [5, 5.41) is 2.35. The lowest BCUT2D eigenvalue weighted by Gasteiger charge is -2.19. The predicted octanol–water partition coefficient (Wildman–Crippen LogP) is 0.772. The van der Waals surface area contributed by atoms with Gasteiger partial charge < -0.3 is 4.90 Å². The molecule has 0 aliphatic carbocycles. The molecule has 0 aromatic carbocycles. The van der Waals surface area contributed by atoms with E-state index in [0.717, 1.165) is 0 Å². The van der Waals surface area contributed by atoms with Gasteiger partial charge in [0.2, 0.25) is 12.2 Å². The fourth-order valence-corrected chi connectivity index (χ4v) is 1.56. The molecule has 0 spiro atoms. The fourth-order valence-electron chi connectivity index (χ4n) is 0.846. The van der Waals surface area contributed by atoms with Crippen molar-refractivity contribution in [2.24, 2.45) is 0 Å². The van der Waals surface area contributed by atoms with E-state index in [-0.39, 0.29) is 5.91 Å². The van der Waals surface area contributed by atoms with E-state index >= 15 is 0 Å². The largest absolute Gasteiger partial charge is 0.329 e. The molecule has 0 aliphatic rings. The fraction of sp³-hybridized carbons (Fsp3) is 0.375. The van der Waals surface area contributed by atoms with Crippen molar-refractivity contribution in [2.45, 2.75) is 13.0 Å². The Bertz CT molecular complexity index is 297. The van der Waals surface area contributed by atoms with Crippen molar-refractivity contribution in [1.82, 2.24) is 9.88 Å². The molecule has 69 valence electrons. The zero-order valence-electron chi connectivity index (χ0n) is 7.35. The zero-order chi connectivity index (χ0) is 9.84. The summed E-state index contributed by atoms with van der Waals surface area (Å²) >= 11 is 1.33. The molecular weight excluding hydrogens is 188 g/mol. The van der Waals surface area contributed by atoms with E-state index in [1.807, 2.05) is 0 Å². The van der Waals surface area contributed by atoms with Crippen LogP contribution >= 0.6 is 11.3 Å². The molecule has 0 saturated heterocycles. The molecule has 1 aromatic heterocycles. The molecule has 1 heterocycles. The van der Waals surface area contributed by atoms with E-state index in [1.54, 1.807) is 24.9 Å². The summed E-state index contributed by atoms with van der Waals surface area (Å²) in [6.45, 7) is 1.40. The zero-order valence-corrected chi connectivity index (χ0v) is 8.17. The normalized spacial score (nSPS) is 12.2. The Morgan fingerprint density at radius 2 is 2.46 bits per heavy atom. The summed E-state index contributed by atoms with van der Waals surface area (Å²) in [7, 11) is 1.55. The SMILES string of the molecule is CC(=O)N(C)C([C]=O)c1nccs1. The van der Waals surface area contributed by atoms with Crippen LogP contribution in [-0.4, -0.2) is 29.1 Å². The lowest BCUT2D eigenvalue weighted by atomic mass is 10.3. The Hall–Kier alpha value is -1.23. The highest BCUT2D eigenvalue weighted by molar-refractivity contribution is 7.09. The van der Waals surface area contributed by atoms with Crippen LogP contribution < -0.4 is 0 Å². The van der Waals surface area contributed by atoms with Gasteiger partial charge in [-0.05, 0) is 0 Å². The molecule has 1 amide bonds. The first-order valence-corrected chi connectivity index (χ1v) is 4.55. The van der Waals surface area contributed by atoms with Crippen LogP contribution in [0.4, 0.5) is 0 Å². The second kappa shape index (κ2) is 4.13. The van der Waals surface area contributed by atoms with Crippen molar-refractivity contribution in [2.75, 3.05) is 7.05 Å². The minimum absolute atomic E-state index is 0.177. The number of nitrogens with zero attached hydrogens (tertiary/aromatic N) is 2. The third kappa shape index (κ3) is 2.12. The molecule has 13 heavy (non-hydrogen) atoms. The number of hydrogen-bond acceptors (Lipinski definition) is 4. The maximum atomic E-state index is 11.0. The first kappa shape index (κ1) is 9.85. The van der Waals surface area contributed by atoms with Crippen molar-refractivity contribution in [1.29, 1.82) is 0 Å². The van der Waals surface area contributed by atoms with E-state index in [0.29, 0.717) is 5.01 Å². The minimum Gasteiger partial charge on any atom is -0.329 e. The molecule has 0 bridgehead atoms. The van der Waals surface area contributed by atoms with E-state index < -0.39 is 6.04 Å². The molecule has 1 radical (unpaired) electrons. The van der Waals surface area contributed by atoms with Crippen LogP contribution in [0.25, 0.3) is 0 Å². The van der Waals surface area contributed by atoms with Crippen molar-refractivity contribution in [3.63, 3.8) is 0 Å². The molecule has 1 aromatic rings. The second-order valence-electron chi connectivity index (χ2n) is 2.52. The molecule has 1 rings (SSSR count). The van der Waals surface area contributed by atoms with E-state index in [1.165, 1.54) is 23.2 Å². The molecule has 5 heteroatoms. The number of likely N-dealkylation sites (N-methyl/N-ethyl adjacent to an activating group) is 1. The summed E-state index contributed by atoms with van der Waals surface area (Å²) in [6, 6.07) is -0.669. The molecule has 4 nitrogen and oxygen atoms in total. The van der Waals surface area contributed by atoms with Gasteiger partial charge in [-0.3, -0.25) is 9.59 Å². The third-order valence-electron chi connectivity index (χ3n) is 1.68. The van der Waals surface area contributed by atoms with Gasteiger partial charge in [0, 0.05) is 25.5 Å². The highest BCUT2D eigenvalue weighted by Gasteiger charge is 2.21. The van der Waals surface area contributed by atoms with Crippen molar-refractivity contribution in [3.05, 3.63) is 16.6 Å². The van der Waals surface area contributed by atoms with Gasteiger partial charge in [-0.1, -0.05) is 0 Å². The standard InChI is InChI=1S/C8H9N2O2S/c1-6(12)10(2)7(5-11)8-9-3-4-13-8/h3-4,7H,1-2H3. The minimum atomic E-state index is -0.669. The van der Waals surface area contributed by atoms with Crippen molar-refractivity contribution in [3.8, 4) is 0 Å². The Balaban J connectivity index is 2.86. The number of carbonyl (C=O) groups excluding carboxylic acids is 2. The summed E-state index contributed by atoms with van der Waals surface area (Å²) in [5.74, 6) is -0.177. The van der Waals surface area contributed by atoms with Crippen LogP contribution in [0.1, 0.15) is 18.0 Å². The Labute approximate surface area is 80.2 Å². The lowest BCUT2D eigenvalue weighted by molar-refractivity contribution is -0.128. The molecule has 1 atom stereocenters. The third-order valence-corrected chi connectivity index (χ3v) is 2.51. The number of carbonyl (C=O) groups is 1. The Morgan fingerprint density at radius 3 is 2.85 bits per heavy atom. The van der Waals surface area contributed by atoms with Gasteiger partial charge in [0.1, 0.15) is 11.0 Å². The van der Waals surface area contributed by atoms with Crippen LogP contribution in [-0.2, 0) is 9.59 Å². The highest BCUT2D eigenvalue weighted by Crippen LogP contribution is 2.18. The van der Waals surface area contributed by atoms with Crippen LogP contribution in [0.3, 0.4) is 0 Å². The topological polar surface area (TPSA) is 50.3 Å².